The van der Waals surface area contributed by atoms with Crippen LogP contribution < -0.4 is 0 Å². The summed E-state index contributed by atoms with van der Waals surface area (Å²) in [6.07, 6.45) is 11.8. The van der Waals surface area contributed by atoms with Crippen LogP contribution in [0.5, 0.6) is 0 Å². The number of fused-ring (bicyclic) bond motifs is 1. The Bertz CT molecular complexity index is 302. The summed E-state index contributed by atoms with van der Waals surface area (Å²) in [7, 11) is 0. The molecule has 1 aliphatic carbocycles. The first kappa shape index (κ1) is 10.6. The highest BCUT2D eigenvalue weighted by Crippen LogP contribution is 2.21. The second kappa shape index (κ2) is 5.24. The number of dihydropyridines is 1. The number of aliphatic imine (C=N–C) groups is 1. The van der Waals surface area contributed by atoms with Crippen LogP contribution in [0.4, 0.5) is 0 Å². The molecule has 0 spiro atoms. The number of hydrogen-bond acceptors (Lipinski definition) is 2. The Kier molecular flexibility index (Phi) is 3.70. The highest BCUT2D eigenvalue weighted by atomic mass is 16.1. The summed E-state index contributed by atoms with van der Waals surface area (Å²) in [5, 5.41) is 0. The van der Waals surface area contributed by atoms with E-state index in [2.05, 4.69) is 4.99 Å². The summed E-state index contributed by atoms with van der Waals surface area (Å²) in [5.74, 6) is 0.186. The topological polar surface area (TPSA) is 29.4 Å². The number of hydrogen-bond donors (Lipinski definition) is 0. The SMILES string of the molecule is O=C1C=C2CCCCCCCCC2=NC1. The van der Waals surface area contributed by atoms with E-state index in [4.69, 9.17) is 0 Å². The maximum absolute atomic E-state index is 11.3. The minimum atomic E-state index is 0.186. The summed E-state index contributed by atoms with van der Waals surface area (Å²) in [6.45, 7) is 0.388. The van der Waals surface area contributed by atoms with Crippen LogP contribution in [0.15, 0.2) is 16.6 Å². The highest BCUT2D eigenvalue weighted by molar-refractivity contribution is 6.10. The van der Waals surface area contributed by atoms with Crippen LogP contribution in [-0.2, 0) is 4.79 Å². The van der Waals surface area contributed by atoms with Crippen molar-refractivity contribution in [2.24, 2.45) is 4.99 Å². The number of allylic oxidation sites excluding steroid dienone is 1. The normalized spacial score (nSPS) is 23.9. The van der Waals surface area contributed by atoms with Gasteiger partial charge in [-0.05, 0) is 37.3 Å². The lowest BCUT2D eigenvalue weighted by molar-refractivity contribution is -0.113. The minimum absolute atomic E-state index is 0.186. The van der Waals surface area contributed by atoms with Crippen LogP contribution in [0.3, 0.4) is 0 Å². The standard InChI is InChI=1S/C13H19NO/c15-12-9-11-7-5-3-1-2-4-6-8-13(11)14-10-12/h9H,1-8,10H2. The van der Waals surface area contributed by atoms with Gasteiger partial charge in [0.25, 0.3) is 0 Å². The average molecular weight is 205 g/mol. The van der Waals surface area contributed by atoms with Gasteiger partial charge in [0.15, 0.2) is 5.78 Å². The molecule has 0 N–H and O–H groups in total. The van der Waals surface area contributed by atoms with Crippen molar-refractivity contribution in [1.29, 1.82) is 0 Å². The van der Waals surface area contributed by atoms with Crippen LogP contribution in [0.2, 0.25) is 0 Å². The number of carbonyl (C=O) groups excluding carboxylic acids is 1. The predicted octanol–water partition coefficient (Wildman–Crippen LogP) is 3.07. The van der Waals surface area contributed by atoms with Crippen molar-refractivity contribution in [2.45, 2.75) is 51.4 Å². The minimum Gasteiger partial charge on any atom is -0.293 e. The summed E-state index contributed by atoms with van der Waals surface area (Å²) < 4.78 is 0. The van der Waals surface area contributed by atoms with Crippen molar-refractivity contribution >= 4 is 11.5 Å². The molecule has 2 heteroatoms. The van der Waals surface area contributed by atoms with E-state index in [0.29, 0.717) is 6.54 Å². The molecular weight excluding hydrogens is 186 g/mol. The zero-order valence-corrected chi connectivity index (χ0v) is 9.30. The molecule has 0 saturated heterocycles. The van der Waals surface area contributed by atoms with Crippen molar-refractivity contribution < 1.29 is 4.79 Å². The van der Waals surface area contributed by atoms with Crippen molar-refractivity contribution in [2.75, 3.05) is 6.54 Å². The molecule has 1 aliphatic heterocycles. The van der Waals surface area contributed by atoms with Crippen LogP contribution >= 0.6 is 0 Å². The van der Waals surface area contributed by atoms with Gasteiger partial charge in [-0.1, -0.05) is 25.7 Å². The van der Waals surface area contributed by atoms with Crippen LogP contribution in [-0.4, -0.2) is 18.0 Å². The van der Waals surface area contributed by atoms with Gasteiger partial charge in [0.05, 0.1) is 0 Å². The van der Waals surface area contributed by atoms with E-state index >= 15 is 0 Å². The quantitative estimate of drug-likeness (QED) is 0.597. The molecule has 1 fully saturated rings. The second-order valence-corrected chi connectivity index (χ2v) is 4.52. The molecule has 0 atom stereocenters. The molecule has 15 heavy (non-hydrogen) atoms. The molecule has 0 aromatic carbocycles. The molecule has 0 radical (unpaired) electrons. The van der Waals surface area contributed by atoms with Gasteiger partial charge in [-0.15, -0.1) is 0 Å². The van der Waals surface area contributed by atoms with Crippen LogP contribution in [0.25, 0.3) is 0 Å². The maximum atomic E-state index is 11.3. The molecule has 2 nitrogen and oxygen atoms in total. The zero-order valence-electron chi connectivity index (χ0n) is 9.30. The van der Waals surface area contributed by atoms with E-state index in [1.807, 2.05) is 6.08 Å². The average Bonchev–Trinajstić information content (AvgIpc) is 2.25. The van der Waals surface area contributed by atoms with E-state index in [9.17, 15) is 4.79 Å². The molecule has 1 saturated carbocycles. The molecule has 1 heterocycles. The van der Waals surface area contributed by atoms with Crippen molar-refractivity contribution in [3.63, 3.8) is 0 Å². The van der Waals surface area contributed by atoms with Gasteiger partial charge < -0.3 is 0 Å². The molecule has 2 aliphatic rings. The Morgan fingerprint density at radius 1 is 0.933 bits per heavy atom. The van der Waals surface area contributed by atoms with Gasteiger partial charge in [0.1, 0.15) is 6.54 Å². The largest absolute Gasteiger partial charge is 0.293 e. The lowest BCUT2D eigenvalue weighted by Gasteiger charge is -2.16. The van der Waals surface area contributed by atoms with Crippen molar-refractivity contribution in [3.05, 3.63) is 11.6 Å². The summed E-state index contributed by atoms with van der Waals surface area (Å²) >= 11 is 0. The molecule has 0 bridgehead atoms. The number of ketones is 1. The molecule has 0 aromatic heterocycles. The fourth-order valence-electron chi connectivity index (χ4n) is 2.37. The van der Waals surface area contributed by atoms with Gasteiger partial charge in [0.2, 0.25) is 0 Å². The molecule has 2 rings (SSSR count). The Hall–Kier alpha value is -0.920. The first-order valence-corrected chi connectivity index (χ1v) is 6.13. The fourth-order valence-corrected chi connectivity index (χ4v) is 2.37. The third kappa shape index (κ3) is 3.01. The highest BCUT2D eigenvalue weighted by Gasteiger charge is 2.14. The smallest absolute Gasteiger partial charge is 0.177 e. The molecule has 0 aromatic rings. The van der Waals surface area contributed by atoms with Gasteiger partial charge in [0, 0.05) is 5.71 Å². The second-order valence-electron chi connectivity index (χ2n) is 4.52. The lowest BCUT2D eigenvalue weighted by Crippen LogP contribution is -2.15. The Balaban J connectivity index is 2.05. The summed E-state index contributed by atoms with van der Waals surface area (Å²) in [4.78, 5) is 15.7. The third-order valence-corrected chi connectivity index (χ3v) is 3.24. The number of nitrogens with zero attached hydrogens (tertiary/aromatic N) is 1. The van der Waals surface area contributed by atoms with Crippen molar-refractivity contribution in [1.82, 2.24) is 0 Å². The van der Waals surface area contributed by atoms with Crippen LogP contribution in [0, 0.1) is 0 Å². The predicted molar refractivity (Wildman–Crippen MR) is 62.3 cm³/mol. The van der Waals surface area contributed by atoms with Crippen molar-refractivity contribution in [3.8, 4) is 0 Å². The first-order chi connectivity index (χ1) is 7.36. The molecular formula is C13H19NO. The van der Waals surface area contributed by atoms with E-state index < -0.39 is 0 Å². The van der Waals surface area contributed by atoms with Gasteiger partial charge >= 0.3 is 0 Å². The first-order valence-electron chi connectivity index (χ1n) is 6.13. The number of carbonyl (C=O) groups is 1. The lowest BCUT2D eigenvalue weighted by atomic mass is 9.93. The van der Waals surface area contributed by atoms with E-state index in [-0.39, 0.29) is 5.78 Å². The molecule has 82 valence electrons. The van der Waals surface area contributed by atoms with Gasteiger partial charge in [-0.2, -0.15) is 0 Å². The van der Waals surface area contributed by atoms with Gasteiger partial charge in [-0.25, -0.2) is 0 Å². The Morgan fingerprint density at radius 2 is 1.60 bits per heavy atom. The Labute approximate surface area is 91.5 Å². The summed E-state index contributed by atoms with van der Waals surface area (Å²) in [5.41, 5.74) is 2.45. The third-order valence-electron chi connectivity index (χ3n) is 3.24. The van der Waals surface area contributed by atoms with E-state index in [1.54, 1.807) is 0 Å². The van der Waals surface area contributed by atoms with Gasteiger partial charge in [-0.3, -0.25) is 9.79 Å². The summed E-state index contributed by atoms with van der Waals surface area (Å²) in [6, 6.07) is 0. The van der Waals surface area contributed by atoms with E-state index in [1.165, 1.54) is 49.8 Å². The molecule has 0 amide bonds. The zero-order chi connectivity index (χ0) is 10.5. The van der Waals surface area contributed by atoms with Crippen LogP contribution in [0.1, 0.15) is 51.4 Å². The fraction of sp³-hybridized carbons (Fsp3) is 0.692. The molecule has 0 unspecified atom stereocenters. The number of rotatable bonds is 0. The Morgan fingerprint density at radius 3 is 2.40 bits per heavy atom. The maximum Gasteiger partial charge on any atom is 0.177 e. The van der Waals surface area contributed by atoms with E-state index in [0.717, 1.165) is 12.8 Å². The monoisotopic (exact) mass is 205 g/mol.